The third kappa shape index (κ3) is 4.48. The molecule has 1 aromatic heterocycles. The summed E-state index contributed by atoms with van der Waals surface area (Å²) in [5.41, 5.74) is -1.31. The Bertz CT molecular complexity index is 786. The molecule has 8 nitrogen and oxygen atoms in total. The van der Waals surface area contributed by atoms with Gasteiger partial charge in [-0.2, -0.15) is 0 Å². The van der Waals surface area contributed by atoms with Crippen LogP contribution in [0.4, 0.5) is 4.79 Å². The minimum absolute atomic E-state index is 0.0257. The smallest absolute Gasteiger partial charge is 0.441 e. The zero-order valence-electron chi connectivity index (χ0n) is 17.4. The molecule has 2 atom stereocenters. The highest BCUT2D eigenvalue weighted by Gasteiger charge is 2.44. The van der Waals surface area contributed by atoms with Gasteiger partial charge in [0, 0.05) is 12.5 Å². The van der Waals surface area contributed by atoms with Gasteiger partial charge < -0.3 is 9.47 Å². The van der Waals surface area contributed by atoms with Gasteiger partial charge in [0.15, 0.2) is 5.82 Å². The molecule has 0 N–H and O–H groups in total. The number of rotatable bonds is 3. The summed E-state index contributed by atoms with van der Waals surface area (Å²) in [4.78, 5) is 26.4. The van der Waals surface area contributed by atoms with Crippen molar-refractivity contribution in [2.24, 2.45) is 0 Å². The van der Waals surface area contributed by atoms with Gasteiger partial charge in [-0.05, 0) is 53.9 Å². The summed E-state index contributed by atoms with van der Waals surface area (Å²) in [6.45, 7) is 9.67. The van der Waals surface area contributed by atoms with E-state index in [9.17, 15) is 9.59 Å². The number of ether oxygens (including phenoxy) is 2. The lowest BCUT2D eigenvalue weighted by Gasteiger charge is -2.34. The SMILES string of the molecule is CC(C)(C)OC(=O)N1[C@H](/C=C\CC2CCCCc3noc(=O)n32)COC1(C)C. The van der Waals surface area contributed by atoms with Crippen molar-refractivity contribution in [1.29, 1.82) is 0 Å². The molecule has 0 aromatic carbocycles. The first kappa shape index (κ1) is 20.6. The molecule has 1 aromatic rings. The largest absolute Gasteiger partial charge is 0.444 e. The molecule has 0 bridgehead atoms. The van der Waals surface area contributed by atoms with Gasteiger partial charge in [-0.25, -0.2) is 9.59 Å². The van der Waals surface area contributed by atoms with Crippen molar-refractivity contribution in [2.75, 3.05) is 6.61 Å². The molecule has 0 spiro atoms. The van der Waals surface area contributed by atoms with Crippen LogP contribution < -0.4 is 5.76 Å². The van der Waals surface area contributed by atoms with Crippen molar-refractivity contribution >= 4 is 6.09 Å². The normalized spacial score (nSPS) is 25.0. The van der Waals surface area contributed by atoms with Gasteiger partial charge in [-0.3, -0.25) is 14.0 Å². The monoisotopic (exact) mass is 393 g/mol. The van der Waals surface area contributed by atoms with E-state index < -0.39 is 23.2 Å². The summed E-state index contributed by atoms with van der Waals surface area (Å²) in [5, 5.41) is 3.90. The molecule has 1 amide bonds. The molecular weight excluding hydrogens is 362 g/mol. The number of amides is 1. The van der Waals surface area contributed by atoms with Crippen LogP contribution in [0.3, 0.4) is 0 Å². The van der Waals surface area contributed by atoms with Crippen molar-refractivity contribution in [3.63, 3.8) is 0 Å². The number of carbonyl (C=O) groups excluding carboxylic acids is 1. The lowest BCUT2D eigenvalue weighted by molar-refractivity contribution is -0.0610. The second kappa shape index (κ2) is 7.73. The summed E-state index contributed by atoms with van der Waals surface area (Å²) >= 11 is 0. The molecule has 3 heterocycles. The van der Waals surface area contributed by atoms with Gasteiger partial charge in [0.1, 0.15) is 11.3 Å². The number of aromatic nitrogens is 2. The highest BCUT2D eigenvalue weighted by Crippen LogP contribution is 2.31. The standard InChI is InChI=1S/C20H31N3O5/c1-19(2,3)27-18(25)23-15(13-26-20(23,4)5)11-8-10-14-9-6-7-12-16-21-28-17(24)22(14)16/h8,11,14-15H,6-7,9-10,12-13H2,1-5H3/b11-8-/t14?,15-/m1/s1. The fourth-order valence-corrected chi connectivity index (χ4v) is 3.86. The van der Waals surface area contributed by atoms with E-state index in [4.69, 9.17) is 14.0 Å². The predicted molar refractivity (Wildman–Crippen MR) is 103 cm³/mol. The molecule has 156 valence electrons. The van der Waals surface area contributed by atoms with E-state index in [0.717, 1.165) is 31.5 Å². The Balaban J connectivity index is 1.72. The van der Waals surface area contributed by atoms with E-state index in [-0.39, 0.29) is 12.1 Å². The van der Waals surface area contributed by atoms with Crippen LogP contribution in [-0.2, 0) is 15.9 Å². The predicted octanol–water partition coefficient (Wildman–Crippen LogP) is 3.42. The maximum Gasteiger partial charge on any atom is 0.441 e. The average Bonchev–Trinajstić information content (AvgIpc) is 2.99. The lowest BCUT2D eigenvalue weighted by Crippen LogP contribution is -2.49. The maximum atomic E-state index is 12.7. The Labute approximate surface area is 165 Å². The number of hydrogen-bond donors (Lipinski definition) is 0. The molecule has 1 unspecified atom stereocenters. The number of aryl methyl sites for hydroxylation is 1. The second-order valence-electron chi connectivity index (χ2n) is 8.97. The third-order valence-corrected chi connectivity index (χ3v) is 5.13. The molecule has 3 rings (SSSR count). The molecule has 8 heteroatoms. The molecule has 1 saturated heterocycles. The topological polar surface area (TPSA) is 86.8 Å². The van der Waals surface area contributed by atoms with Crippen LogP contribution in [0.5, 0.6) is 0 Å². The van der Waals surface area contributed by atoms with Gasteiger partial charge in [0.2, 0.25) is 0 Å². The molecule has 0 aliphatic carbocycles. The van der Waals surface area contributed by atoms with Crippen LogP contribution in [0, 0.1) is 0 Å². The molecule has 2 aliphatic rings. The molecule has 2 aliphatic heterocycles. The molecular formula is C20H31N3O5. The fraction of sp³-hybridized carbons (Fsp3) is 0.750. The van der Waals surface area contributed by atoms with Gasteiger partial charge in [-0.15, -0.1) is 0 Å². The van der Waals surface area contributed by atoms with Crippen LogP contribution in [0.2, 0.25) is 0 Å². The third-order valence-electron chi connectivity index (χ3n) is 5.13. The maximum absolute atomic E-state index is 12.7. The van der Waals surface area contributed by atoms with Gasteiger partial charge >= 0.3 is 11.8 Å². The van der Waals surface area contributed by atoms with Crippen LogP contribution in [0.25, 0.3) is 0 Å². The van der Waals surface area contributed by atoms with Crippen molar-refractivity contribution < 1.29 is 18.8 Å². The molecule has 0 radical (unpaired) electrons. The molecule has 28 heavy (non-hydrogen) atoms. The summed E-state index contributed by atoms with van der Waals surface area (Å²) in [6.07, 6.45) is 8.00. The van der Waals surface area contributed by atoms with E-state index in [0.29, 0.717) is 13.0 Å². The Morgan fingerprint density at radius 2 is 2.11 bits per heavy atom. The first-order chi connectivity index (χ1) is 13.1. The Hall–Kier alpha value is -2.09. The first-order valence-electron chi connectivity index (χ1n) is 9.98. The Morgan fingerprint density at radius 1 is 1.36 bits per heavy atom. The minimum Gasteiger partial charge on any atom is -0.444 e. The van der Waals surface area contributed by atoms with Crippen molar-refractivity contribution in [3.8, 4) is 0 Å². The molecule has 0 saturated carbocycles. The van der Waals surface area contributed by atoms with E-state index in [1.165, 1.54) is 0 Å². The number of allylic oxidation sites excluding steroid dienone is 1. The van der Waals surface area contributed by atoms with Crippen molar-refractivity contribution in [1.82, 2.24) is 14.6 Å². The van der Waals surface area contributed by atoms with E-state index in [1.807, 2.05) is 46.8 Å². The summed E-state index contributed by atoms with van der Waals surface area (Å²) in [6, 6.07) is -0.188. The first-order valence-corrected chi connectivity index (χ1v) is 9.98. The van der Waals surface area contributed by atoms with Crippen molar-refractivity contribution in [2.45, 2.75) is 90.1 Å². The van der Waals surface area contributed by atoms with Crippen LogP contribution >= 0.6 is 0 Å². The number of carbonyl (C=O) groups is 1. The van der Waals surface area contributed by atoms with Crippen LogP contribution in [0.15, 0.2) is 21.5 Å². The highest BCUT2D eigenvalue weighted by atomic mass is 16.6. The summed E-state index contributed by atoms with van der Waals surface area (Å²) in [5.74, 6) is 0.331. The fourth-order valence-electron chi connectivity index (χ4n) is 3.86. The zero-order chi connectivity index (χ0) is 20.5. The van der Waals surface area contributed by atoms with E-state index in [2.05, 4.69) is 5.16 Å². The summed E-state index contributed by atoms with van der Waals surface area (Å²) in [7, 11) is 0. The number of nitrogens with zero attached hydrogens (tertiary/aromatic N) is 3. The number of fused-ring (bicyclic) bond motifs is 1. The van der Waals surface area contributed by atoms with E-state index in [1.54, 1.807) is 9.47 Å². The van der Waals surface area contributed by atoms with Gasteiger partial charge in [-0.1, -0.05) is 23.7 Å². The zero-order valence-corrected chi connectivity index (χ0v) is 17.4. The van der Waals surface area contributed by atoms with Crippen LogP contribution in [-0.4, -0.2) is 44.7 Å². The van der Waals surface area contributed by atoms with Crippen LogP contribution in [0.1, 0.15) is 72.2 Å². The Kier molecular flexibility index (Phi) is 5.70. The number of hydrogen-bond acceptors (Lipinski definition) is 6. The Morgan fingerprint density at radius 3 is 2.82 bits per heavy atom. The minimum atomic E-state index is -0.738. The molecule has 1 fully saturated rings. The average molecular weight is 393 g/mol. The quantitative estimate of drug-likeness (QED) is 0.731. The second-order valence-corrected chi connectivity index (χ2v) is 8.97. The van der Waals surface area contributed by atoms with Gasteiger partial charge in [0.25, 0.3) is 0 Å². The van der Waals surface area contributed by atoms with Crippen molar-refractivity contribution in [3.05, 3.63) is 28.5 Å². The lowest BCUT2D eigenvalue weighted by atomic mass is 10.1. The van der Waals surface area contributed by atoms with E-state index >= 15 is 0 Å². The van der Waals surface area contributed by atoms with Gasteiger partial charge in [0.05, 0.1) is 12.6 Å². The summed E-state index contributed by atoms with van der Waals surface area (Å²) < 4.78 is 17.9. The highest BCUT2D eigenvalue weighted by molar-refractivity contribution is 5.70.